The fraction of sp³-hybridized carbons (Fsp3) is 0.800. The highest BCUT2D eigenvalue weighted by Crippen LogP contribution is 2.29. The lowest BCUT2D eigenvalue weighted by atomic mass is 10.4. The predicted molar refractivity (Wildman–Crippen MR) is 63.0 cm³/mol. The molecule has 1 fully saturated rings. The highest BCUT2D eigenvalue weighted by Gasteiger charge is 2.24. The van der Waals surface area contributed by atoms with E-state index < -0.39 is 0 Å². The fourth-order valence-corrected chi connectivity index (χ4v) is 2.08. The van der Waals surface area contributed by atoms with Gasteiger partial charge < -0.3 is 5.32 Å². The minimum absolute atomic E-state index is 0. The number of hydrogen-bond acceptors (Lipinski definition) is 3. The highest BCUT2D eigenvalue weighted by molar-refractivity contribution is 5.85. The van der Waals surface area contributed by atoms with Crippen LogP contribution in [0.25, 0.3) is 0 Å². The van der Waals surface area contributed by atoms with Gasteiger partial charge >= 0.3 is 5.69 Å². The maximum Gasteiger partial charge on any atom is 0.345 e. The zero-order valence-corrected chi connectivity index (χ0v) is 10.0. The normalized spacial score (nSPS) is 19.8. The van der Waals surface area contributed by atoms with Crippen LogP contribution in [0.4, 0.5) is 0 Å². The van der Waals surface area contributed by atoms with E-state index in [4.69, 9.17) is 0 Å². The molecule has 1 aliphatic heterocycles. The van der Waals surface area contributed by atoms with E-state index in [9.17, 15) is 4.79 Å². The van der Waals surface area contributed by atoms with E-state index in [-0.39, 0.29) is 18.1 Å². The van der Waals surface area contributed by atoms with Crippen molar-refractivity contribution in [3.63, 3.8) is 0 Å². The molecule has 1 saturated carbocycles. The molecule has 0 amide bonds. The first-order chi connectivity index (χ1) is 7.34. The van der Waals surface area contributed by atoms with Crippen molar-refractivity contribution >= 4 is 12.4 Å². The topological polar surface area (TPSA) is 51.9 Å². The second kappa shape index (κ2) is 4.59. The van der Waals surface area contributed by atoms with Gasteiger partial charge in [0.2, 0.25) is 0 Å². The Balaban J connectivity index is 0.000000963. The van der Waals surface area contributed by atoms with Gasteiger partial charge in [-0.3, -0.25) is 4.57 Å². The third-order valence-corrected chi connectivity index (χ3v) is 3.17. The van der Waals surface area contributed by atoms with Crippen LogP contribution < -0.4 is 11.0 Å². The highest BCUT2D eigenvalue weighted by atomic mass is 35.5. The Hall–Kier alpha value is -0.810. The van der Waals surface area contributed by atoms with E-state index in [1.165, 1.54) is 12.8 Å². The number of hydrogen-bond donors (Lipinski definition) is 1. The van der Waals surface area contributed by atoms with Gasteiger partial charge in [-0.1, -0.05) is 0 Å². The first-order valence-electron chi connectivity index (χ1n) is 5.72. The molecule has 1 aromatic rings. The SMILES string of the molecule is Cl.O=c1n(CC2CC2)nc2n1CCNCC2. The summed E-state index contributed by atoms with van der Waals surface area (Å²) in [7, 11) is 0. The van der Waals surface area contributed by atoms with E-state index in [0.717, 1.165) is 38.4 Å². The molecule has 6 heteroatoms. The van der Waals surface area contributed by atoms with Crippen LogP contribution in [-0.2, 0) is 19.5 Å². The first kappa shape index (κ1) is 11.7. The van der Waals surface area contributed by atoms with Gasteiger partial charge in [-0.25, -0.2) is 9.48 Å². The molecule has 0 saturated heterocycles. The molecule has 0 spiro atoms. The average Bonchev–Trinajstić information content (AvgIpc) is 3.00. The molecule has 3 rings (SSSR count). The van der Waals surface area contributed by atoms with Crippen LogP contribution in [0, 0.1) is 5.92 Å². The van der Waals surface area contributed by atoms with E-state index in [2.05, 4.69) is 10.4 Å². The molecule has 0 radical (unpaired) electrons. The second-order valence-electron chi connectivity index (χ2n) is 4.48. The van der Waals surface area contributed by atoms with Crippen molar-refractivity contribution in [1.82, 2.24) is 19.7 Å². The molecular formula is C10H17ClN4O. The summed E-state index contributed by atoms with van der Waals surface area (Å²) in [4.78, 5) is 12.0. The second-order valence-corrected chi connectivity index (χ2v) is 4.48. The largest absolute Gasteiger partial charge is 0.345 e. The van der Waals surface area contributed by atoms with Crippen molar-refractivity contribution in [3.8, 4) is 0 Å². The summed E-state index contributed by atoms with van der Waals surface area (Å²) in [5.74, 6) is 1.66. The Bertz CT molecular complexity index is 421. The Morgan fingerprint density at radius 2 is 2.19 bits per heavy atom. The molecule has 5 nitrogen and oxygen atoms in total. The molecule has 16 heavy (non-hydrogen) atoms. The zero-order valence-electron chi connectivity index (χ0n) is 9.19. The Labute approximate surface area is 100 Å². The number of halogens is 1. The monoisotopic (exact) mass is 244 g/mol. The maximum atomic E-state index is 12.0. The van der Waals surface area contributed by atoms with Crippen molar-refractivity contribution in [2.45, 2.75) is 32.4 Å². The Morgan fingerprint density at radius 3 is 2.94 bits per heavy atom. The third kappa shape index (κ3) is 2.15. The van der Waals surface area contributed by atoms with Crippen molar-refractivity contribution in [2.24, 2.45) is 5.92 Å². The lowest BCUT2D eigenvalue weighted by Gasteiger charge is -1.98. The number of aromatic nitrogens is 3. The van der Waals surface area contributed by atoms with Gasteiger partial charge in [-0.2, -0.15) is 5.10 Å². The van der Waals surface area contributed by atoms with Gasteiger partial charge in [0.05, 0.1) is 0 Å². The van der Waals surface area contributed by atoms with Gasteiger partial charge in [0.15, 0.2) is 0 Å². The number of fused-ring (bicyclic) bond motifs is 1. The van der Waals surface area contributed by atoms with Crippen molar-refractivity contribution in [1.29, 1.82) is 0 Å². The van der Waals surface area contributed by atoms with Gasteiger partial charge in [-0.15, -0.1) is 12.4 Å². The van der Waals surface area contributed by atoms with Gasteiger partial charge in [0.25, 0.3) is 0 Å². The quantitative estimate of drug-likeness (QED) is 0.798. The molecule has 2 aliphatic rings. The first-order valence-corrected chi connectivity index (χ1v) is 5.72. The smallest absolute Gasteiger partial charge is 0.315 e. The Kier molecular flexibility index (Phi) is 3.35. The van der Waals surface area contributed by atoms with E-state index in [0.29, 0.717) is 5.92 Å². The summed E-state index contributed by atoms with van der Waals surface area (Å²) >= 11 is 0. The summed E-state index contributed by atoms with van der Waals surface area (Å²) in [6, 6.07) is 0. The van der Waals surface area contributed by atoms with E-state index in [1.54, 1.807) is 4.68 Å². The van der Waals surface area contributed by atoms with Crippen LogP contribution in [-0.4, -0.2) is 27.4 Å². The van der Waals surface area contributed by atoms with Crippen molar-refractivity contribution < 1.29 is 0 Å². The summed E-state index contributed by atoms with van der Waals surface area (Å²) in [5.41, 5.74) is 0.0839. The van der Waals surface area contributed by atoms with Crippen LogP contribution >= 0.6 is 12.4 Å². The number of nitrogens with zero attached hydrogens (tertiary/aromatic N) is 3. The zero-order chi connectivity index (χ0) is 10.3. The standard InChI is InChI=1S/C10H16N4O.ClH/c15-10-13-6-5-11-4-3-9(13)12-14(10)7-8-1-2-8;/h8,11H,1-7H2;1H. The van der Waals surface area contributed by atoms with Crippen LogP contribution in [0.15, 0.2) is 4.79 Å². The maximum absolute atomic E-state index is 12.0. The van der Waals surface area contributed by atoms with E-state index >= 15 is 0 Å². The molecule has 2 heterocycles. The van der Waals surface area contributed by atoms with Crippen molar-refractivity contribution in [2.75, 3.05) is 13.1 Å². The number of rotatable bonds is 2. The molecule has 90 valence electrons. The lowest BCUT2D eigenvalue weighted by molar-refractivity contribution is 0.524. The van der Waals surface area contributed by atoms with Gasteiger partial charge in [-0.05, 0) is 18.8 Å². The van der Waals surface area contributed by atoms with Crippen LogP contribution in [0.2, 0.25) is 0 Å². The average molecular weight is 245 g/mol. The number of nitrogens with one attached hydrogen (secondary N) is 1. The summed E-state index contributed by atoms with van der Waals surface area (Å²) in [5, 5.41) is 7.69. The van der Waals surface area contributed by atoms with Gasteiger partial charge in [0.1, 0.15) is 5.82 Å². The van der Waals surface area contributed by atoms with Crippen molar-refractivity contribution in [3.05, 3.63) is 16.3 Å². The molecule has 1 aliphatic carbocycles. The summed E-state index contributed by atoms with van der Waals surface area (Å²) in [6.07, 6.45) is 3.39. The minimum Gasteiger partial charge on any atom is -0.315 e. The molecule has 1 N–H and O–H groups in total. The third-order valence-electron chi connectivity index (χ3n) is 3.17. The van der Waals surface area contributed by atoms with Crippen LogP contribution in [0.1, 0.15) is 18.7 Å². The van der Waals surface area contributed by atoms with Gasteiger partial charge in [0, 0.05) is 32.6 Å². The van der Waals surface area contributed by atoms with Crippen LogP contribution in [0.3, 0.4) is 0 Å². The lowest BCUT2D eigenvalue weighted by Crippen LogP contribution is -2.28. The Morgan fingerprint density at radius 1 is 1.38 bits per heavy atom. The van der Waals surface area contributed by atoms with E-state index in [1.807, 2.05) is 4.57 Å². The molecule has 0 atom stereocenters. The molecule has 0 aromatic carbocycles. The summed E-state index contributed by atoms with van der Waals surface area (Å²) < 4.78 is 3.49. The molecular weight excluding hydrogens is 228 g/mol. The minimum atomic E-state index is 0. The molecule has 0 bridgehead atoms. The fourth-order valence-electron chi connectivity index (χ4n) is 2.08. The molecule has 0 unspecified atom stereocenters. The summed E-state index contributed by atoms with van der Waals surface area (Å²) in [6.45, 7) is 3.40. The van der Waals surface area contributed by atoms with Crippen LogP contribution in [0.5, 0.6) is 0 Å². The molecule has 1 aromatic heterocycles. The predicted octanol–water partition coefficient (Wildman–Crippen LogP) is 0.0223.